The third-order valence-electron chi connectivity index (χ3n) is 0.191. The summed E-state index contributed by atoms with van der Waals surface area (Å²) in [4.78, 5) is 0. The van der Waals surface area contributed by atoms with E-state index < -0.39 is 0 Å². The quantitative estimate of drug-likeness (QED) is 0.372. The lowest BCUT2D eigenvalue weighted by Gasteiger charge is -1.69. The van der Waals surface area contributed by atoms with Crippen molar-refractivity contribution in [3.05, 3.63) is 12.3 Å². The van der Waals surface area contributed by atoms with Crippen LogP contribution in [0.5, 0.6) is 0 Å². The molecule has 2 N–H and O–H groups in total. The fourth-order valence-electron chi connectivity index (χ4n) is 0. The highest BCUT2D eigenvalue weighted by Gasteiger charge is 1.62. The first-order valence-corrected chi connectivity index (χ1v) is 1.65. The lowest BCUT2D eigenvalue weighted by Crippen LogP contribution is -1.49. The normalized spacial score (nSPS) is 5.29. The molecule has 0 aromatic rings. The van der Waals surface area contributed by atoms with Crippen molar-refractivity contribution in [1.29, 1.82) is 10.9 Å². The molecule has 0 amide bonds. The van der Waals surface area contributed by atoms with Gasteiger partial charge in [-0.3, -0.25) is 0 Å². The van der Waals surface area contributed by atoms with Crippen LogP contribution in [-0.2, 0) is 0 Å². The monoisotopic (exact) mass is 99.1 g/mol. The number of nitrogens with one attached hydrogen (secondary N) is 2. The maximum Gasteiger partial charge on any atom is 0.0521 e. The molecule has 0 radical (unpaired) electrons. The van der Waals surface area contributed by atoms with E-state index in [0.29, 0.717) is 5.70 Å². The molecule has 40 valence electrons. The Morgan fingerprint density at radius 1 is 1.57 bits per heavy atom. The molecule has 0 saturated carbocycles. The van der Waals surface area contributed by atoms with Crippen LogP contribution in [0, 0.1) is 10.9 Å². The van der Waals surface area contributed by atoms with Gasteiger partial charge in [0.1, 0.15) is 0 Å². The van der Waals surface area contributed by atoms with Gasteiger partial charge in [-0.2, -0.15) is 5.11 Å². The van der Waals surface area contributed by atoms with E-state index in [2.05, 4.69) is 18.4 Å². The zero-order chi connectivity index (χ0) is 6.28. The van der Waals surface area contributed by atoms with Gasteiger partial charge >= 0.3 is 0 Å². The molecule has 0 fully saturated rings. The number of nitrogens with zero attached hydrogens (tertiary/aromatic N) is 1. The fraction of sp³-hybridized carbons (Fsp3) is 0.250. The summed E-state index contributed by atoms with van der Waals surface area (Å²) in [5.74, 6) is 0. The van der Waals surface area contributed by atoms with Gasteiger partial charge in [-0.1, -0.05) is 6.58 Å². The minimum absolute atomic E-state index is 0.546. The molecule has 0 aliphatic carbocycles. The lowest BCUT2D eigenvalue weighted by molar-refractivity contribution is 1.06. The molecule has 0 saturated heterocycles. The van der Waals surface area contributed by atoms with E-state index >= 15 is 0 Å². The van der Waals surface area contributed by atoms with E-state index in [-0.39, 0.29) is 0 Å². The van der Waals surface area contributed by atoms with E-state index in [1.165, 1.54) is 0 Å². The second-order valence-electron chi connectivity index (χ2n) is 0.847. The van der Waals surface area contributed by atoms with Crippen molar-refractivity contribution in [3.8, 4) is 0 Å². The molecule has 0 spiro atoms. The first-order valence-electron chi connectivity index (χ1n) is 1.65. The maximum absolute atomic E-state index is 6.18. The van der Waals surface area contributed by atoms with Gasteiger partial charge in [0.15, 0.2) is 0 Å². The first kappa shape index (κ1) is 9.38. The van der Waals surface area contributed by atoms with Crippen LogP contribution in [0.15, 0.2) is 17.4 Å². The molecule has 0 aromatic heterocycles. The smallest absolute Gasteiger partial charge is 0.0521 e. The van der Waals surface area contributed by atoms with Crippen molar-refractivity contribution in [2.45, 2.75) is 6.92 Å². The highest BCUT2D eigenvalue weighted by atomic mass is 15.0. The molecule has 3 nitrogen and oxygen atoms in total. The zero-order valence-electron chi connectivity index (χ0n) is 4.36. The molecule has 3 heteroatoms. The number of hydrogen-bond donors (Lipinski definition) is 2. The van der Waals surface area contributed by atoms with Crippen LogP contribution >= 0.6 is 0 Å². The predicted molar refractivity (Wildman–Crippen MR) is 29.8 cm³/mol. The van der Waals surface area contributed by atoms with E-state index in [4.69, 9.17) is 10.9 Å². The Balaban J connectivity index is 0. The van der Waals surface area contributed by atoms with Gasteiger partial charge in [-0.15, -0.1) is 0 Å². The number of allylic oxidation sites excluding steroid dienone is 1. The third-order valence-corrected chi connectivity index (χ3v) is 0.191. The summed E-state index contributed by atoms with van der Waals surface area (Å²) in [6, 6.07) is 0. The predicted octanol–water partition coefficient (Wildman–Crippen LogP) is 1.82. The molecule has 0 atom stereocenters. The van der Waals surface area contributed by atoms with E-state index in [1.807, 2.05) is 0 Å². The Kier molecular flexibility index (Phi) is 11.9. The largest absolute Gasteiger partial charge is 0.317 e. The van der Waals surface area contributed by atoms with Crippen LogP contribution in [0.25, 0.3) is 0 Å². The Morgan fingerprint density at radius 2 is 1.71 bits per heavy atom. The van der Waals surface area contributed by atoms with Crippen LogP contribution in [0.4, 0.5) is 0 Å². The van der Waals surface area contributed by atoms with Crippen molar-refractivity contribution in [1.82, 2.24) is 0 Å². The Bertz CT molecular complexity index is 67.3. The lowest BCUT2D eigenvalue weighted by atomic mass is 10.6. The van der Waals surface area contributed by atoms with Gasteiger partial charge in [0.05, 0.1) is 5.70 Å². The molecule has 0 bridgehead atoms. The highest BCUT2D eigenvalue weighted by molar-refractivity contribution is 5.15. The van der Waals surface area contributed by atoms with Gasteiger partial charge < -0.3 is 5.41 Å². The highest BCUT2D eigenvalue weighted by Crippen LogP contribution is 1.81. The fourth-order valence-corrected chi connectivity index (χ4v) is 0. The first-order chi connectivity index (χ1) is 3.27. The van der Waals surface area contributed by atoms with Crippen molar-refractivity contribution in [2.75, 3.05) is 0 Å². The van der Waals surface area contributed by atoms with Gasteiger partial charge in [0.25, 0.3) is 0 Å². The number of rotatable bonds is 1. The summed E-state index contributed by atoms with van der Waals surface area (Å²) in [6.45, 7) is 7.49. The van der Waals surface area contributed by atoms with E-state index in [1.54, 1.807) is 6.92 Å². The van der Waals surface area contributed by atoms with Crippen molar-refractivity contribution >= 4 is 6.72 Å². The topological polar surface area (TPSA) is 60.1 Å². The third kappa shape index (κ3) is 44.5. The zero-order valence-corrected chi connectivity index (χ0v) is 4.36. The molecule has 0 unspecified atom stereocenters. The summed E-state index contributed by atoms with van der Waals surface area (Å²) < 4.78 is 0. The molecule has 7 heavy (non-hydrogen) atoms. The van der Waals surface area contributed by atoms with Gasteiger partial charge in [0, 0.05) is 0 Å². The molecule has 0 aromatic carbocycles. The molecule has 0 rings (SSSR count). The van der Waals surface area contributed by atoms with Gasteiger partial charge in [-0.25, -0.2) is 5.53 Å². The Labute approximate surface area is 43.1 Å². The summed E-state index contributed by atoms with van der Waals surface area (Å²) in [5.41, 5.74) is 6.73. The van der Waals surface area contributed by atoms with Crippen molar-refractivity contribution in [3.63, 3.8) is 0 Å². The second-order valence-corrected chi connectivity index (χ2v) is 0.847. The van der Waals surface area contributed by atoms with Crippen LogP contribution < -0.4 is 0 Å². The van der Waals surface area contributed by atoms with Gasteiger partial charge in [0.2, 0.25) is 0 Å². The van der Waals surface area contributed by atoms with Gasteiger partial charge in [-0.05, 0) is 13.6 Å². The molecule has 0 aliphatic heterocycles. The second kappa shape index (κ2) is 8.89. The SMILES string of the molecule is C=C(C)N=N.C=N. The molecular formula is C4H9N3. The van der Waals surface area contributed by atoms with Crippen molar-refractivity contribution in [2.24, 2.45) is 5.11 Å². The van der Waals surface area contributed by atoms with E-state index in [0.717, 1.165) is 0 Å². The minimum atomic E-state index is 0.546. The van der Waals surface area contributed by atoms with Crippen LogP contribution in [-0.4, -0.2) is 6.72 Å². The maximum atomic E-state index is 6.18. The molecule has 0 aliphatic rings. The van der Waals surface area contributed by atoms with Crippen LogP contribution in [0.1, 0.15) is 6.92 Å². The minimum Gasteiger partial charge on any atom is -0.317 e. The Morgan fingerprint density at radius 3 is 1.71 bits per heavy atom. The molecular weight excluding hydrogens is 90.1 g/mol. The van der Waals surface area contributed by atoms with Crippen molar-refractivity contribution < 1.29 is 0 Å². The molecule has 0 heterocycles. The van der Waals surface area contributed by atoms with Crippen LogP contribution in [0.3, 0.4) is 0 Å². The average molecular weight is 99.1 g/mol. The average Bonchev–Trinajstić information content (AvgIpc) is 1.73. The van der Waals surface area contributed by atoms with E-state index in [9.17, 15) is 0 Å². The van der Waals surface area contributed by atoms with Crippen LogP contribution in [0.2, 0.25) is 0 Å². The number of hydrogen-bond acceptors (Lipinski definition) is 3. The summed E-state index contributed by atoms with van der Waals surface area (Å²) >= 11 is 0. The Hall–Kier alpha value is -0.990. The summed E-state index contributed by atoms with van der Waals surface area (Å²) in [7, 11) is 0. The summed E-state index contributed by atoms with van der Waals surface area (Å²) in [5, 5.41) is 8.44. The summed E-state index contributed by atoms with van der Waals surface area (Å²) in [6.07, 6.45) is 0. The standard InChI is InChI=1S/C3H6N2.CH3N/c1-3(2)5-4;1-2/h4H,1H2,2H3;2H,1H2.